The van der Waals surface area contributed by atoms with Gasteiger partial charge in [0.2, 0.25) is 0 Å². The van der Waals surface area contributed by atoms with E-state index in [1.54, 1.807) is 17.0 Å². The third-order valence-corrected chi connectivity index (χ3v) is 5.38. The number of aliphatic carboxylic acids is 1. The number of anilines is 1. The van der Waals surface area contributed by atoms with Gasteiger partial charge in [0, 0.05) is 43.0 Å². The molecule has 9 heteroatoms. The fraction of sp³-hybridized carbons (Fsp3) is 0.417. The number of carboxylic acids is 1. The minimum atomic E-state index is -1.06. The molecule has 0 spiro atoms. The van der Waals surface area contributed by atoms with Gasteiger partial charge in [0.1, 0.15) is 17.3 Å². The highest BCUT2D eigenvalue weighted by atomic mass is 79.9. The van der Waals surface area contributed by atoms with Crippen LogP contribution in [0.3, 0.4) is 0 Å². The summed E-state index contributed by atoms with van der Waals surface area (Å²) in [5.74, 6) is -0.479. The maximum absolute atomic E-state index is 13.3. The molecule has 0 aliphatic carbocycles. The molecule has 0 amide bonds. The van der Waals surface area contributed by atoms with Crippen molar-refractivity contribution in [3.05, 3.63) is 52.3 Å². The van der Waals surface area contributed by atoms with Crippen LogP contribution in [0.2, 0.25) is 0 Å². The number of Topliss-reactive ketones (excluding diaryl/α,β-unsaturated/α-hetero) is 1. The summed E-state index contributed by atoms with van der Waals surface area (Å²) in [5.41, 5.74) is 3.91. The molecule has 8 nitrogen and oxygen atoms in total. The average molecular weight is 519 g/mol. The highest BCUT2D eigenvalue weighted by Gasteiger charge is 2.30. The molecule has 0 unspecified atom stereocenters. The van der Waals surface area contributed by atoms with Gasteiger partial charge in [0.05, 0.1) is 12.2 Å². The topological polar surface area (TPSA) is 107 Å². The maximum Gasteiger partial charge on any atom is 0.341 e. The third kappa shape index (κ3) is 5.71. The largest absolute Gasteiger partial charge is 0.479 e. The molecule has 0 radical (unpaired) electrons. The number of carbonyl (C=O) groups is 2. The number of nitrogens with zero attached hydrogens (tertiary/aromatic N) is 3. The molecule has 1 aliphatic rings. The van der Waals surface area contributed by atoms with E-state index >= 15 is 0 Å². The second-order valence-electron chi connectivity index (χ2n) is 9.29. The summed E-state index contributed by atoms with van der Waals surface area (Å²) in [4.78, 5) is 32.4. The number of aryl methyl sites for hydroxylation is 1. The molecular formula is C24H31BrN4O4. The quantitative estimate of drug-likeness (QED) is 0.536. The standard InChI is InChI=1S/C24H30N4O4.BrH/c1-14-7-8-15-11-28(23(25)21(15)26-14)12-19(29)16-9-17(24(2,3)4)22(32-13-20(30)31)18(10-16)27(5)6;/h7-10,25H,11-13H2,1-6H3,(H,30,31);1H. The minimum Gasteiger partial charge on any atom is -0.479 e. The van der Waals surface area contributed by atoms with Gasteiger partial charge < -0.3 is 19.6 Å². The van der Waals surface area contributed by atoms with E-state index < -0.39 is 12.6 Å². The lowest BCUT2D eigenvalue weighted by atomic mass is 9.84. The molecule has 1 aromatic heterocycles. The van der Waals surface area contributed by atoms with Gasteiger partial charge in [-0.25, -0.2) is 9.78 Å². The first-order valence-corrected chi connectivity index (χ1v) is 10.4. The molecule has 1 aromatic carbocycles. The smallest absolute Gasteiger partial charge is 0.341 e. The Kier molecular flexibility index (Phi) is 7.90. The van der Waals surface area contributed by atoms with Crippen molar-refractivity contribution in [1.82, 2.24) is 9.88 Å². The minimum absolute atomic E-state index is 0. The Morgan fingerprint density at radius 2 is 1.91 bits per heavy atom. The lowest BCUT2D eigenvalue weighted by molar-refractivity contribution is -0.139. The van der Waals surface area contributed by atoms with Crippen LogP contribution in [0, 0.1) is 12.3 Å². The Hall–Kier alpha value is -2.94. The summed E-state index contributed by atoms with van der Waals surface area (Å²) in [6.45, 7) is 7.91. The predicted molar refractivity (Wildman–Crippen MR) is 133 cm³/mol. The van der Waals surface area contributed by atoms with Gasteiger partial charge in [-0.05, 0) is 30.5 Å². The van der Waals surface area contributed by atoms with Crippen molar-refractivity contribution in [3.8, 4) is 5.75 Å². The Balaban J connectivity index is 0.00000385. The molecule has 0 bridgehead atoms. The first-order valence-electron chi connectivity index (χ1n) is 10.4. The number of ketones is 1. The van der Waals surface area contributed by atoms with Crippen molar-refractivity contribution in [1.29, 1.82) is 5.41 Å². The van der Waals surface area contributed by atoms with Gasteiger partial charge in [-0.3, -0.25) is 10.2 Å². The summed E-state index contributed by atoms with van der Waals surface area (Å²) in [6.07, 6.45) is 0. The van der Waals surface area contributed by atoms with Crippen LogP contribution in [0.4, 0.5) is 5.69 Å². The van der Waals surface area contributed by atoms with Gasteiger partial charge in [0.25, 0.3) is 0 Å². The average Bonchev–Trinajstić information content (AvgIpc) is 2.99. The Morgan fingerprint density at radius 3 is 2.48 bits per heavy atom. The van der Waals surface area contributed by atoms with Gasteiger partial charge in [-0.2, -0.15) is 0 Å². The van der Waals surface area contributed by atoms with E-state index in [1.807, 2.05) is 58.8 Å². The number of hydrogen-bond donors (Lipinski definition) is 2. The number of halogens is 1. The zero-order chi connectivity index (χ0) is 23.8. The predicted octanol–water partition coefficient (Wildman–Crippen LogP) is 3.82. The highest BCUT2D eigenvalue weighted by Crippen LogP contribution is 2.40. The van der Waals surface area contributed by atoms with Crippen LogP contribution < -0.4 is 9.64 Å². The SMILES string of the molecule is Br.Cc1ccc2c(n1)C(=N)N(CC(=O)c1cc(N(C)C)c(OCC(=O)O)c(C(C)(C)C)c1)C2. The van der Waals surface area contributed by atoms with Crippen molar-refractivity contribution >= 4 is 40.3 Å². The maximum atomic E-state index is 13.3. The Labute approximate surface area is 204 Å². The van der Waals surface area contributed by atoms with Crippen LogP contribution in [0.25, 0.3) is 0 Å². The monoisotopic (exact) mass is 518 g/mol. The summed E-state index contributed by atoms with van der Waals surface area (Å²) >= 11 is 0. The molecule has 3 rings (SSSR count). The molecule has 178 valence electrons. The molecule has 2 heterocycles. The first kappa shape index (κ1) is 26.3. The molecule has 1 aliphatic heterocycles. The lowest BCUT2D eigenvalue weighted by Crippen LogP contribution is -2.31. The number of carbonyl (C=O) groups excluding carboxylic acids is 1. The summed E-state index contributed by atoms with van der Waals surface area (Å²) in [7, 11) is 3.65. The Morgan fingerprint density at radius 1 is 1.24 bits per heavy atom. The van der Waals surface area contributed by atoms with Crippen LogP contribution >= 0.6 is 17.0 Å². The normalized spacial score (nSPS) is 12.8. The van der Waals surface area contributed by atoms with Gasteiger partial charge in [0.15, 0.2) is 12.4 Å². The van der Waals surface area contributed by atoms with Gasteiger partial charge >= 0.3 is 5.97 Å². The van der Waals surface area contributed by atoms with Crippen LogP contribution in [0.5, 0.6) is 5.75 Å². The molecule has 2 N–H and O–H groups in total. The number of fused-ring (bicyclic) bond motifs is 1. The van der Waals surface area contributed by atoms with E-state index in [-0.39, 0.29) is 40.6 Å². The summed E-state index contributed by atoms with van der Waals surface area (Å²) in [5, 5.41) is 17.5. The second kappa shape index (κ2) is 9.91. The number of hydrogen-bond acceptors (Lipinski definition) is 6. The van der Waals surface area contributed by atoms with E-state index in [0.717, 1.165) is 16.8 Å². The number of benzene rings is 1. The number of amidine groups is 1. The van der Waals surface area contributed by atoms with Crippen molar-refractivity contribution in [2.75, 3.05) is 32.1 Å². The van der Waals surface area contributed by atoms with E-state index in [4.69, 9.17) is 15.3 Å². The number of rotatable bonds is 7. The van der Waals surface area contributed by atoms with E-state index in [1.165, 1.54) is 0 Å². The molecule has 0 atom stereocenters. The summed E-state index contributed by atoms with van der Waals surface area (Å²) in [6, 6.07) is 7.37. The summed E-state index contributed by atoms with van der Waals surface area (Å²) < 4.78 is 5.65. The number of nitrogens with one attached hydrogen (secondary N) is 1. The Bertz CT molecular complexity index is 1090. The molecule has 2 aromatic rings. The fourth-order valence-corrected chi connectivity index (χ4v) is 3.70. The number of pyridine rings is 1. The van der Waals surface area contributed by atoms with Crippen LogP contribution in [0.15, 0.2) is 24.3 Å². The van der Waals surface area contributed by atoms with Gasteiger partial charge in [-0.15, -0.1) is 17.0 Å². The van der Waals surface area contributed by atoms with E-state index in [2.05, 4.69) is 4.98 Å². The molecule has 0 saturated heterocycles. The number of ether oxygens (including phenoxy) is 1. The molecule has 0 saturated carbocycles. The third-order valence-electron chi connectivity index (χ3n) is 5.38. The molecule has 33 heavy (non-hydrogen) atoms. The van der Waals surface area contributed by atoms with E-state index in [9.17, 15) is 9.59 Å². The highest BCUT2D eigenvalue weighted by molar-refractivity contribution is 8.93. The zero-order valence-electron chi connectivity index (χ0n) is 19.9. The second-order valence-corrected chi connectivity index (χ2v) is 9.29. The van der Waals surface area contributed by atoms with Crippen molar-refractivity contribution in [2.24, 2.45) is 0 Å². The van der Waals surface area contributed by atoms with Crippen molar-refractivity contribution in [2.45, 2.75) is 39.7 Å². The lowest BCUT2D eigenvalue weighted by Gasteiger charge is -2.28. The molecular weight excluding hydrogens is 488 g/mol. The molecule has 0 fully saturated rings. The van der Waals surface area contributed by atoms with Crippen molar-refractivity contribution in [3.63, 3.8) is 0 Å². The van der Waals surface area contributed by atoms with Crippen LogP contribution in [-0.4, -0.2) is 59.8 Å². The number of aromatic nitrogens is 1. The van der Waals surface area contributed by atoms with Crippen LogP contribution in [0.1, 0.15) is 53.6 Å². The zero-order valence-corrected chi connectivity index (χ0v) is 21.6. The van der Waals surface area contributed by atoms with Crippen LogP contribution in [-0.2, 0) is 16.8 Å². The first-order chi connectivity index (χ1) is 14.9. The van der Waals surface area contributed by atoms with Crippen molar-refractivity contribution < 1.29 is 19.4 Å². The fourth-order valence-electron chi connectivity index (χ4n) is 3.70. The number of carboxylic acid groups (broad SMARTS) is 1. The van der Waals surface area contributed by atoms with E-state index in [0.29, 0.717) is 29.2 Å². The van der Waals surface area contributed by atoms with Gasteiger partial charge in [-0.1, -0.05) is 26.8 Å².